The molecule has 112 valence electrons. The Balaban J connectivity index is 2.92. The molecule has 1 atom stereocenters. The van der Waals surface area contributed by atoms with E-state index in [1.165, 1.54) is 0 Å². The van der Waals surface area contributed by atoms with Crippen molar-refractivity contribution in [3.05, 3.63) is 35.1 Å². The van der Waals surface area contributed by atoms with Gasteiger partial charge in [-0.1, -0.05) is 13.8 Å². The van der Waals surface area contributed by atoms with Crippen LogP contribution in [-0.4, -0.2) is 12.1 Å². The van der Waals surface area contributed by atoms with Crippen molar-refractivity contribution in [3.63, 3.8) is 0 Å². The number of hydrogen-bond donors (Lipinski definition) is 0. The lowest BCUT2D eigenvalue weighted by molar-refractivity contribution is -0.137. The largest absolute Gasteiger partial charge is 0.459 e. The summed E-state index contributed by atoms with van der Waals surface area (Å²) < 4.78 is 56.0. The first-order chi connectivity index (χ1) is 9.11. The molecule has 0 aliphatic rings. The van der Waals surface area contributed by atoms with E-state index >= 15 is 0 Å². The van der Waals surface area contributed by atoms with Crippen LogP contribution >= 0.6 is 0 Å². The van der Waals surface area contributed by atoms with Gasteiger partial charge in [0.25, 0.3) is 0 Å². The normalized spacial score (nSPS) is 13.4. The van der Waals surface area contributed by atoms with E-state index in [2.05, 4.69) is 0 Å². The first kappa shape index (κ1) is 16.5. The van der Waals surface area contributed by atoms with Gasteiger partial charge in [0, 0.05) is 0 Å². The number of carbonyl (C=O) groups is 1. The van der Waals surface area contributed by atoms with Crippen LogP contribution in [0.5, 0.6) is 0 Å². The Morgan fingerprint density at radius 2 is 1.85 bits per heavy atom. The Kier molecular flexibility index (Phi) is 5.14. The molecule has 1 rings (SSSR count). The van der Waals surface area contributed by atoms with Gasteiger partial charge in [0.05, 0.1) is 17.2 Å². The standard InChI is InChI=1S/C14H16F4O2/c1-8(2)6-9(3)20-13(19)11-7-10(14(16,17)18)4-5-12(11)15/h4-5,7-9H,6H2,1-3H3. The Morgan fingerprint density at radius 1 is 1.25 bits per heavy atom. The average Bonchev–Trinajstić information content (AvgIpc) is 2.26. The van der Waals surface area contributed by atoms with Crippen molar-refractivity contribution in [2.24, 2.45) is 5.92 Å². The zero-order valence-corrected chi connectivity index (χ0v) is 11.4. The summed E-state index contributed by atoms with van der Waals surface area (Å²) >= 11 is 0. The minimum Gasteiger partial charge on any atom is -0.459 e. The third-order valence-electron chi connectivity index (χ3n) is 2.63. The number of esters is 1. The van der Waals surface area contributed by atoms with Gasteiger partial charge in [-0.15, -0.1) is 0 Å². The van der Waals surface area contributed by atoms with Gasteiger partial charge in [-0.2, -0.15) is 13.2 Å². The summed E-state index contributed by atoms with van der Waals surface area (Å²) in [4.78, 5) is 11.7. The number of halogens is 4. The maximum absolute atomic E-state index is 13.5. The molecule has 0 aliphatic heterocycles. The first-order valence-electron chi connectivity index (χ1n) is 6.19. The maximum atomic E-state index is 13.5. The molecule has 1 unspecified atom stereocenters. The van der Waals surface area contributed by atoms with E-state index in [1.54, 1.807) is 6.92 Å². The van der Waals surface area contributed by atoms with E-state index in [9.17, 15) is 22.4 Å². The predicted octanol–water partition coefficient (Wildman–Crippen LogP) is 4.44. The summed E-state index contributed by atoms with van der Waals surface area (Å²) in [6.07, 6.45) is -4.57. The summed E-state index contributed by atoms with van der Waals surface area (Å²) in [6.45, 7) is 5.44. The molecule has 0 amide bonds. The molecular weight excluding hydrogens is 276 g/mol. The fourth-order valence-electron chi connectivity index (χ4n) is 1.82. The highest BCUT2D eigenvalue weighted by Gasteiger charge is 2.32. The Labute approximate surface area is 114 Å². The zero-order chi connectivity index (χ0) is 15.5. The lowest BCUT2D eigenvalue weighted by Gasteiger charge is -2.16. The van der Waals surface area contributed by atoms with Crippen LogP contribution in [-0.2, 0) is 10.9 Å². The lowest BCUT2D eigenvalue weighted by atomic mass is 10.1. The smallest absolute Gasteiger partial charge is 0.416 e. The molecule has 0 bridgehead atoms. The van der Waals surface area contributed by atoms with Crippen LogP contribution in [0.2, 0.25) is 0 Å². The van der Waals surface area contributed by atoms with Crippen LogP contribution in [0.15, 0.2) is 18.2 Å². The molecule has 1 aromatic rings. The van der Waals surface area contributed by atoms with Crippen LogP contribution in [0.1, 0.15) is 43.1 Å². The summed E-state index contributed by atoms with van der Waals surface area (Å²) in [6, 6.07) is 1.68. The van der Waals surface area contributed by atoms with Gasteiger partial charge in [-0.3, -0.25) is 0 Å². The van der Waals surface area contributed by atoms with Gasteiger partial charge < -0.3 is 4.74 Å². The molecule has 0 spiro atoms. The number of alkyl halides is 3. The van der Waals surface area contributed by atoms with Crippen molar-refractivity contribution in [1.82, 2.24) is 0 Å². The van der Waals surface area contributed by atoms with Crippen LogP contribution in [0.25, 0.3) is 0 Å². The van der Waals surface area contributed by atoms with Crippen molar-refractivity contribution in [3.8, 4) is 0 Å². The minimum atomic E-state index is -4.63. The lowest BCUT2D eigenvalue weighted by Crippen LogP contribution is -2.18. The molecule has 2 nitrogen and oxygen atoms in total. The molecule has 0 N–H and O–H groups in total. The third kappa shape index (κ3) is 4.51. The number of ether oxygens (including phenoxy) is 1. The monoisotopic (exact) mass is 292 g/mol. The SMILES string of the molecule is CC(C)CC(C)OC(=O)c1cc(C(F)(F)F)ccc1F. The third-order valence-corrected chi connectivity index (χ3v) is 2.63. The maximum Gasteiger partial charge on any atom is 0.416 e. The second-order valence-corrected chi connectivity index (χ2v) is 5.04. The summed E-state index contributed by atoms with van der Waals surface area (Å²) in [5, 5.41) is 0. The van der Waals surface area contributed by atoms with E-state index in [4.69, 9.17) is 4.74 Å². The molecule has 0 saturated carbocycles. The second-order valence-electron chi connectivity index (χ2n) is 5.04. The number of hydrogen-bond acceptors (Lipinski definition) is 2. The van der Waals surface area contributed by atoms with Crippen molar-refractivity contribution in [2.75, 3.05) is 0 Å². The van der Waals surface area contributed by atoms with Crippen LogP contribution in [0.3, 0.4) is 0 Å². The Bertz CT molecular complexity index is 481. The van der Waals surface area contributed by atoms with Gasteiger partial charge in [-0.25, -0.2) is 9.18 Å². The zero-order valence-electron chi connectivity index (χ0n) is 11.4. The second kappa shape index (κ2) is 6.24. The highest BCUT2D eigenvalue weighted by molar-refractivity contribution is 5.90. The fraction of sp³-hybridized carbons (Fsp3) is 0.500. The quantitative estimate of drug-likeness (QED) is 0.606. The summed E-state index contributed by atoms with van der Waals surface area (Å²) in [5.74, 6) is -1.86. The molecule has 0 fully saturated rings. The predicted molar refractivity (Wildman–Crippen MR) is 65.7 cm³/mol. The van der Waals surface area contributed by atoms with E-state index < -0.39 is 35.2 Å². The van der Waals surface area contributed by atoms with Crippen molar-refractivity contribution in [1.29, 1.82) is 0 Å². The van der Waals surface area contributed by atoms with Gasteiger partial charge in [-0.05, 0) is 37.5 Å². The summed E-state index contributed by atoms with van der Waals surface area (Å²) in [5.41, 5.74) is -1.78. The highest BCUT2D eigenvalue weighted by Crippen LogP contribution is 2.30. The Hall–Kier alpha value is -1.59. The molecule has 0 aliphatic carbocycles. The van der Waals surface area contributed by atoms with E-state index in [-0.39, 0.29) is 5.92 Å². The first-order valence-corrected chi connectivity index (χ1v) is 6.19. The molecule has 6 heteroatoms. The number of rotatable bonds is 4. The molecular formula is C14H16F4O2. The number of carbonyl (C=O) groups excluding carboxylic acids is 1. The van der Waals surface area contributed by atoms with E-state index in [0.717, 1.165) is 0 Å². The highest BCUT2D eigenvalue weighted by atomic mass is 19.4. The molecule has 0 radical (unpaired) electrons. The van der Waals surface area contributed by atoms with Gasteiger partial charge in [0.15, 0.2) is 0 Å². The van der Waals surface area contributed by atoms with Crippen molar-refractivity contribution < 1.29 is 27.1 Å². The van der Waals surface area contributed by atoms with Crippen LogP contribution in [0.4, 0.5) is 17.6 Å². The summed E-state index contributed by atoms with van der Waals surface area (Å²) in [7, 11) is 0. The van der Waals surface area contributed by atoms with Crippen molar-refractivity contribution >= 4 is 5.97 Å². The molecule has 0 aromatic heterocycles. The minimum absolute atomic E-state index is 0.254. The van der Waals surface area contributed by atoms with Gasteiger partial charge in [0.1, 0.15) is 5.82 Å². The molecule has 0 heterocycles. The van der Waals surface area contributed by atoms with Gasteiger partial charge in [0.2, 0.25) is 0 Å². The van der Waals surface area contributed by atoms with Crippen LogP contribution in [0, 0.1) is 11.7 Å². The molecule has 1 aromatic carbocycles. The fourth-order valence-corrected chi connectivity index (χ4v) is 1.82. The van der Waals surface area contributed by atoms with Crippen LogP contribution < -0.4 is 0 Å². The van der Waals surface area contributed by atoms with Crippen molar-refractivity contribution in [2.45, 2.75) is 39.5 Å². The van der Waals surface area contributed by atoms with E-state index in [0.29, 0.717) is 24.6 Å². The Morgan fingerprint density at radius 3 is 2.35 bits per heavy atom. The number of benzene rings is 1. The molecule has 20 heavy (non-hydrogen) atoms. The van der Waals surface area contributed by atoms with E-state index in [1.807, 2.05) is 13.8 Å². The average molecular weight is 292 g/mol. The van der Waals surface area contributed by atoms with Gasteiger partial charge >= 0.3 is 12.1 Å². The molecule has 0 saturated heterocycles. The topological polar surface area (TPSA) is 26.3 Å².